The first kappa shape index (κ1) is 24.1. The summed E-state index contributed by atoms with van der Waals surface area (Å²) in [6.07, 6.45) is 0.753. The smallest absolute Gasteiger partial charge is 0.249 e. The Labute approximate surface area is 205 Å². The zero-order valence-electron chi connectivity index (χ0n) is 20.6. The number of hydrogen-bond acceptors (Lipinski definition) is 4. The van der Waals surface area contributed by atoms with Crippen LogP contribution in [-0.2, 0) is 16.1 Å². The van der Waals surface area contributed by atoms with Crippen LogP contribution in [0.5, 0.6) is 0 Å². The van der Waals surface area contributed by atoms with E-state index in [0.717, 1.165) is 23.1 Å². The molecule has 0 aliphatic heterocycles. The second kappa shape index (κ2) is 10.1. The van der Waals surface area contributed by atoms with E-state index in [1.165, 1.54) is 0 Å². The summed E-state index contributed by atoms with van der Waals surface area (Å²) in [5, 5.41) is 11.5. The molecule has 7 nitrogen and oxygen atoms in total. The van der Waals surface area contributed by atoms with Crippen LogP contribution >= 0.6 is 0 Å². The Hall–Kier alpha value is -4.00. The van der Waals surface area contributed by atoms with Crippen LogP contribution in [0.15, 0.2) is 78.9 Å². The van der Waals surface area contributed by atoms with Crippen molar-refractivity contribution in [3.63, 3.8) is 0 Å². The molecule has 0 saturated heterocycles. The van der Waals surface area contributed by atoms with E-state index in [4.69, 9.17) is 0 Å². The molecular weight excluding hydrogens is 438 g/mol. The summed E-state index contributed by atoms with van der Waals surface area (Å²) in [5.74, 6) is -0.489. The van der Waals surface area contributed by atoms with Gasteiger partial charge in [0.25, 0.3) is 0 Å². The van der Waals surface area contributed by atoms with Crippen LogP contribution in [0.25, 0.3) is 11.0 Å². The van der Waals surface area contributed by atoms with Gasteiger partial charge in [0.05, 0.1) is 5.52 Å². The minimum atomic E-state index is -0.856. The third-order valence-corrected chi connectivity index (χ3v) is 6.32. The Morgan fingerprint density at radius 3 is 2.34 bits per heavy atom. The van der Waals surface area contributed by atoms with Crippen molar-refractivity contribution in [2.45, 2.75) is 52.2 Å². The monoisotopic (exact) mass is 469 g/mol. The highest BCUT2D eigenvalue weighted by atomic mass is 16.2. The van der Waals surface area contributed by atoms with Gasteiger partial charge in [-0.15, -0.1) is 5.10 Å². The minimum absolute atomic E-state index is 0.0529. The number of carbonyl (C=O) groups excluding carboxylic acids is 2. The number of aryl methyl sites for hydroxylation is 1. The number of fused-ring (bicyclic) bond motifs is 1. The molecule has 4 aromatic rings. The number of benzene rings is 3. The maximum Gasteiger partial charge on any atom is 0.249 e. The molecule has 0 aliphatic carbocycles. The first-order valence-corrected chi connectivity index (χ1v) is 11.8. The molecule has 2 amide bonds. The summed E-state index contributed by atoms with van der Waals surface area (Å²) in [7, 11) is 0. The van der Waals surface area contributed by atoms with Gasteiger partial charge in [-0.2, -0.15) is 0 Å². The first-order valence-electron chi connectivity index (χ1n) is 11.8. The van der Waals surface area contributed by atoms with E-state index in [2.05, 4.69) is 15.6 Å². The number of para-hydroxylation sites is 2. The summed E-state index contributed by atoms with van der Waals surface area (Å²) < 4.78 is 1.58. The molecule has 7 heteroatoms. The number of carbonyl (C=O) groups is 2. The molecule has 180 valence electrons. The third kappa shape index (κ3) is 5.24. The topological polar surface area (TPSA) is 80.1 Å². The molecule has 1 aromatic heterocycles. The van der Waals surface area contributed by atoms with Gasteiger partial charge in [-0.3, -0.25) is 14.5 Å². The molecule has 4 rings (SSSR count). The summed E-state index contributed by atoms with van der Waals surface area (Å²) in [6, 6.07) is 23.7. The molecule has 1 unspecified atom stereocenters. The predicted molar refractivity (Wildman–Crippen MR) is 138 cm³/mol. The Morgan fingerprint density at radius 1 is 0.971 bits per heavy atom. The van der Waals surface area contributed by atoms with Gasteiger partial charge in [-0.05, 0) is 56.5 Å². The lowest BCUT2D eigenvalue weighted by atomic mass is 9.97. The number of rotatable bonds is 8. The quantitative estimate of drug-likeness (QED) is 0.401. The fourth-order valence-electron chi connectivity index (χ4n) is 4.03. The van der Waals surface area contributed by atoms with Gasteiger partial charge in [0, 0.05) is 11.2 Å². The largest absolute Gasteiger partial charge is 0.349 e. The summed E-state index contributed by atoms with van der Waals surface area (Å²) in [4.78, 5) is 29.4. The molecular formula is C28H31N5O2. The van der Waals surface area contributed by atoms with Crippen LogP contribution in [0, 0.1) is 6.92 Å². The summed E-state index contributed by atoms with van der Waals surface area (Å²) in [5.41, 5.74) is 3.36. The molecule has 0 aliphatic rings. The first-order chi connectivity index (χ1) is 16.8. The number of anilines is 1. The van der Waals surface area contributed by atoms with E-state index >= 15 is 0 Å². The van der Waals surface area contributed by atoms with Crippen LogP contribution in [-0.4, -0.2) is 32.3 Å². The van der Waals surface area contributed by atoms with Crippen LogP contribution in [0.2, 0.25) is 0 Å². The lowest BCUT2D eigenvalue weighted by molar-refractivity contribution is -0.128. The molecule has 0 saturated carbocycles. The molecule has 0 spiro atoms. The van der Waals surface area contributed by atoms with E-state index in [9.17, 15) is 9.59 Å². The number of nitrogens with one attached hydrogen (secondary N) is 1. The Morgan fingerprint density at radius 2 is 1.63 bits per heavy atom. The van der Waals surface area contributed by atoms with Crippen LogP contribution < -0.4 is 10.2 Å². The Bertz CT molecular complexity index is 1330. The van der Waals surface area contributed by atoms with Gasteiger partial charge in [-0.1, -0.05) is 72.8 Å². The number of nitrogens with zero attached hydrogens (tertiary/aromatic N) is 4. The van der Waals surface area contributed by atoms with Crippen LogP contribution in [0.3, 0.4) is 0 Å². The second-order valence-electron chi connectivity index (χ2n) is 9.33. The van der Waals surface area contributed by atoms with Gasteiger partial charge in [0.1, 0.15) is 18.1 Å². The zero-order valence-corrected chi connectivity index (χ0v) is 20.6. The SMILES string of the molecule is CCC(C)(C)NC(=O)C(c1ccccc1)N(C(=O)Cn1nnc2ccccc21)c1ccccc1C. The lowest BCUT2D eigenvalue weighted by Crippen LogP contribution is -2.51. The second-order valence-corrected chi connectivity index (χ2v) is 9.33. The van der Waals surface area contributed by atoms with E-state index in [1.54, 1.807) is 9.58 Å². The predicted octanol–water partition coefficient (Wildman–Crippen LogP) is 4.82. The fraction of sp³-hybridized carbons (Fsp3) is 0.286. The third-order valence-electron chi connectivity index (χ3n) is 6.32. The standard InChI is InChI=1S/C28H31N5O2/c1-5-28(3,4)29-27(35)26(21-14-7-6-8-15-21)33(23-17-11-9-13-20(23)2)25(34)19-32-24-18-12-10-16-22(24)30-31-32/h6-18,26H,5,19H2,1-4H3,(H,29,35). The maximum atomic E-state index is 14.0. The van der Waals surface area contributed by atoms with Gasteiger partial charge in [-0.25, -0.2) is 4.68 Å². The average molecular weight is 470 g/mol. The van der Waals surface area contributed by atoms with Gasteiger partial charge in [0.15, 0.2) is 0 Å². The van der Waals surface area contributed by atoms with Crippen LogP contribution in [0.4, 0.5) is 5.69 Å². The highest BCUT2D eigenvalue weighted by molar-refractivity contribution is 6.02. The molecule has 1 atom stereocenters. The van der Waals surface area contributed by atoms with E-state index in [-0.39, 0.29) is 18.4 Å². The fourth-order valence-corrected chi connectivity index (χ4v) is 4.03. The Balaban J connectivity index is 1.82. The van der Waals surface area contributed by atoms with Crippen LogP contribution in [0.1, 0.15) is 44.4 Å². The average Bonchev–Trinajstić information content (AvgIpc) is 3.26. The van der Waals surface area contributed by atoms with E-state index in [1.807, 2.05) is 107 Å². The van der Waals surface area contributed by atoms with E-state index in [0.29, 0.717) is 11.2 Å². The molecule has 0 fully saturated rings. The maximum absolute atomic E-state index is 14.0. The number of hydrogen-bond donors (Lipinski definition) is 1. The van der Waals surface area contributed by atoms with Crippen molar-refractivity contribution >= 4 is 28.5 Å². The Kier molecular flexibility index (Phi) is 6.96. The molecule has 0 radical (unpaired) electrons. The zero-order chi connectivity index (χ0) is 25.0. The van der Waals surface area contributed by atoms with Gasteiger partial charge < -0.3 is 5.32 Å². The molecule has 3 aromatic carbocycles. The molecule has 1 heterocycles. The normalized spacial score (nSPS) is 12.3. The molecule has 35 heavy (non-hydrogen) atoms. The highest BCUT2D eigenvalue weighted by Gasteiger charge is 2.35. The lowest BCUT2D eigenvalue weighted by Gasteiger charge is -2.35. The highest BCUT2D eigenvalue weighted by Crippen LogP contribution is 2.31. The van der Waals surface area contributed by atoms with Crippen molar-refractivity contribution < 1.29 is 9.59 Å². The van der Waals surface area contributed by atoms with Gasteiger partial charge >= 0.3 is 0 Å². The van der Waals surface area contributed by atoms with E-state index < -0.39 is 11.6 Å². The van der Waals surface area contributed by atoms with Crippen molar-refractivity contribution in [3.05, 3.63) is 90.0 Å². The summed E-state index contributed by atoms with van der Waals surface area (Å²) >= 11 is 0. The van der Waals surface area contributed by atoms with Gasteiger partial charge in [0.2, 0.25) is 11.8 Å². The molecule has 1 N–H and O–H groups in total. The number of aromatic nitrogens is 3. The summed E-state index contributed by atoms with van der Waals surface area (Å²) in [6.45, 7) is 7.87. The molecule has 0 bridgehead atoms. The van der Waals surface area contributed by atoms with Crippen molar-refractivity contribution in [2.24, 2.45) is 0 Å². The van der Waals surface area contributed by atoms with Crippen molar-refractivity contribution in [1.82, 2.24) is 20.3 Å². The van der Waals surface area contributed by atoms with Crippen molar-refractivity contribution in [3.8, 4) is 0 Å². The van der Waals surface area contributed by atoms with Crippen molar-refractivity contribution in [1.29, 1.82) is 0 Å². The minimum Gasteiger partial charge on any atom is -0.349 e. The number of amides is 2. The van der Waals surface area contributed by atoms with Crippen molar-refractivity contribution in [2.75, 3.05) is 4.90 Å².